The Kier molecular flexibility index (Phi) is 2.72. The second-order valence-corrected chi connectivity index (χ2v) is 4.53. The van der Waals surface area contributed by atoms with Gasteiger partial charge in [0.15, 0.2) is 11.5 Å². The number of phenolic OH excluding ortho intramolecular Hbond substituents is 3. The lowest BCUT2D eigenvalue weighted by atomic mass is 10.0. The molecule has 0 aliphatic rings. The van der Waals surface area contributed by atoms with Crippen LogP contribution < -0.4 is 5.63 Å². The summed E-state index contributed by atoms with van der Waals surface area (Å²) in [4.78, 5) is 11.3. The van der Waals surface area contributed by atoms with Gasteiger partial charge in [-0.25, -0.2) is 4.79 Å². The average Bonchev–Trinajstić information content (AvgIpc) is 2.40. The summed E-state index contributed by atoms with van der Waals surface area (Å²) >= 11 is 0. The van der Waals surface area contributed by atoms with E-state index in [1.54, 1.807) is 12.1 Å². The first-order valence-corrected chi connectivity index (χ1v) is 5.98. The van der Waals surface area contributed by atoms with Crippen molar-refractivity contribution in [2.45, 2.75) is 0 Å². The second kappa shape index (κ2) is 4.45. The number of rotatable bonds is 1. The molecule has 0 unspecified atom stereocenters. The van der Waals surface area contributed by atoms with E-state index in [4.69, 9.17) is 0 Å². The van der Waals surface area contributed by atoms with Crippen molar-refractivity contribution in [1.82, 2.24) is 0 Å². The van der Waals surface area contributed by atoms with E-state index in [9.17, 15) is 25.2 Å². The van der Waals surface area contributed by atoms with Crippen LogP contribution in [0.5, 0.6) is 23.2 Å². The third-order valence-corrected chi connectivity index (χ3v) is 3.14. The maximum Gasteiger partial charge on any atom is 0.339 e. The van der Waals surface area contributed by atoms with Gasteiger partial charge in [-0.05, 0) is 35.4 Å². The van der Waals surface area contributed by atoms with Gasteiger partial charge in [-0.3, -0.25) is 0 Å². The van der Waals surface area contributed by atoms with Gasteiger partial charge in [0.1, 0.15) is 11.1 Å². The maximum absolute atomic E-state index is 11.3. The highest BCUT2D eigenvalue weighted by atomic mass is 16.5. The van der Waals surface area contributed by atoms with Crippen molar-refractivity contribution in [2.75, 3.05) is 0 Å². The predicted molar refractivity (Wildman–Crippen MR) is 74.6 cm³/mol. The molecule has 0 atom stereocenters. The Morgan fingerprint density at radius 1 is 0.762 bits per heavy atom. The van der Waals surface area contributed by atoms with Crippen LogP contribution in [0.2, 0.25) is 0 Å². The van der Waals surface area contributed by atoms with Crippen molar-refractivity contribution in [3.63, 3.8) is 0 Å². The molecule has 1 heterocycles. The highest BCUT2D eigenvalue weighted by molar-refractivity contribution is 5.95. The van der Waals surface area contributed by atoms with E-state index in [0.29, 0.717) is 16.5 Å². The van der Waals surface area contributed by atoms with Gasteiger partial charge in [0.05, 0.1) is 0 Å². The molecule has 0 saturated carbocycles. The van der Waals surface area contributed by atoms with Gasteiger partial charge in [-0.15, -0.1) is 0 Å². The number of hydrogen-bond donors (Lipinski definition) is 4. The summed E-state index contributed by atoms with van der Waals surface area (Å²) in [5, 5.41) is 38.7. The van der Waals surface area contributed by atoms with Crippen LogP contribution in [0.25, 0.3) is 21.9 Å². The minimum Gasteiger partial charge on any atom is -0.507 e. The summed E-state index contributed by atoms with van der Waals surface area (Å²) in [5.41, 5.74) is 0.278. The van der Waals surface area contributed by atoms with Crippen molar-refractivity contribution in [3.8, 4) is 34.3 Å². The zero-order chi connectivity index (χ0) is 15.1. The molecule has 3 aromatic rings. The minimum atomic E-state index is -0.745. The predicted octanol–water partition coefficient (Wildman–Crippen LogP) is 2.28. The largest absolute Gasteiger partial charge is 0.507 e. The molecule has 106 valence electrons. The fourth-order valence-corrected chi connectivity index (χ4v) is 2.17. The highest BCUT2D eigenvalue weighted by Crippen LogP contribution is 2.37. The van der Waals surface area contributed by atoms with Crippen molar-refractivity contribution < 1.29 is 24.8 Å². The Morgan fingerprint density at radius 2 is 1.48 bits per heavy atom. The Balaban J connectivity index is 2.29. The van der Waals surface area contributed by atoms with E-state index in [2.05, 4.69) is 4.42 Å². The molecule has 0 saturated heterocycles. The molecule has 0 spiro atoms. The van der Waals surface area contributed by atoms with E-state index in [1.165, 1.54) is 18.2 Å². The van der Waals surface area contributed by atoms with Crippen LogP contribution in [0.15, 0.2) is 45.6 Å². The zero-order valence-corrected chi connectivity index (χ0v) is 10.6. The molecule has 6 nitrogen and oxygen atoms in total. The maximum atomic E-state index is 11.3. The molecule has 21 heavy (non-hydrogen) atoms. The molecule has 2 aromatic carbocycles. The number of benzene rings is 2. The van der Waals surface area contributed by atoms with Crippen molar-refractivity contribution in [3.05, 3.63) is 46.8 Å². The van der Waals surface area contributed by atoms with E-state index < -0.39 is 11.6 Å². The number of fused-ring (bicyclic) bond motifs is 1. The fraction of sp³-hybridized carbons (Fsp3) is 0. The summed E-state index contributed by atoms with van der Waals surface area (Å²) in [5.74, 6) is -1.49. The minimum absolute atomic E-state index is 0.0290. The highest BCUT2D eigenvalue weighted by Gasteiger charge is 2.12. The average molecular weight is 286 g/mol. The molecule has 0 aliphatic carbocycles. The SMILES string of the molecule is O=c1cc2cc(-c3ccc(O)c(O)c3)cc(O)c2c(O)o1. The summed E-state index contributed by atoms with van der Waals surface area (Å²) in [7, 11) is 0. The first kappa shape index (κ1) is 12.9. The standard InChI is InChI=1S/C15H10O6/c16-10-2-1-7(4-11(10)17)8-3-9-6-13(19)21-15(20)14(9)12(18)5-8/h1-6,16-18,20H. The molecule has 6 heteroatoms. The Morgan fingerprint density at radius 3 is 2.19 bits per heavy atom. The number of hydrogen-bond acceptors (Lipinski definition) is 6. The number of aromatic hydroxyl groups is 4. The van der Waals surface area contributed by atoms with Crippen LogP contribution in [0.1, 0.15) is 0 Å². The van der Waals surface area contributed by atoms with Crippen LogP contribution in [-0.2, 0) is 0 Å². The van der Waals surface area contributed by atoms with Crippen LogP contribution >= 0.6 is 0 Å². The molecule has 0 amide bonds. The van der Waals surface area contributed by atoms with E-state index in [1.807, 2.05) is 0 Å². The third-order valence-electron chi connectivity index (χ3n) is 3.14. The van der Waals surface area contributed by atoms with Gasteiger partial charge in [-0.2, -0.15) is 0 Å². The quantitative estimate of drug-likeness (QED) is 0.511. The first-order chi connectivity index (χ1) is 9.95. The van der Waals surface area contributed by atoms with Gasteiger partial charge in [0.2, 0.25) is 0 Å². The molecular formula is C15H10O6. The van der Waals surface area contributed by atoms with E-state index >= 15 is 0 Å². The topological polar surface area (TPSA) is 111 Å². The Bertz CT molecular complexity index is 910. The molecule has 0 radical (unpaired) electrons. The Labute approximate surface area is 117 Å². The summed E-state index contributed by atoms with van der Waals surface area (Å²) < 4.78 is 4.52. The van der Waals surface area contributed by atoms with Crippen molar-refractivity contribution in [1.29, 1.82) is 0 Å². The molecule has 4 N–H and O–H groups in total. The lowest BCUT2D eigenvalue weighted by Crippen LogP contribution is -1.95. The molecule has 3 rings (SSSR count). The van der Waals surface area contributed by atoms with Crippen LogP contribution in [0.3, 0.4) is 0 Å². The summed E-state index contributed by atoms with van der Waals surface area (Å²) in [6, 6.07) is 8.22. The lowest BCUT2D eigenvalue weighted by Gasteiger charge is -2.08. The smallest absolute Gasteiger partial charge is 0.339 e. The molecule has 1 aromatic heterocycles. The van der Waals surface area contributed by atoms with Crippen molar-refractivity contribution in [2.24, 2.45) is 0 Å². The third kappa shape index (κ3) is 2.12. The van der Waals surface area contributed by atoms with Gasteiger partial charge >= 0.3 is 5.63 Å². The first-order valence-electron chi connectivity index (χ1n) is 5.98. The molecule has 0 bridgehead atoms. The van der Waals surface area contributed by atoms with Gasteiger partial charge in [-0.1, -0.05) is 6.07 Å². The Hall–Kier alpha value is -3.15. The van der Waals surface area contributed by atoms with E-state index in [0.717, 1.165) is 6.07 Å². The molecular weight excluding hydrogens is 276 g/mol. The number of phenols is 3. The van der Waals surface area contributed by atoms with Crippen LogP contribution in [0.4, 0.5) is 0 Å². The zero-order valence-electron chi connectivity index (χ0n) is 10.6. The summed E-state index contributed by atoms with van der Waals surface area (Å²) in [6.45, 7) is 0. The van der Waals surface area contributed by atoms with Crippen molar-refractivity contribution >= 4 is 10.8 Å². The summed E-state index contributed by atoms with van der Waals surface area (Å²) in [6.07, 6.45) is 0. The molecule has 0 fully saturated rings. The van der Waals surface area contributed by atoms with Gasteiger partial charge < -0.3 is 24.8 Å². The lowest BCUT2D eigenvalue weighted by molar-refractivity contribution is 0.315. The van der Waals surface area contributed by atoms with Gasteiger partial charge in [0, 0.05) is 11.5 Å². The molecule has 0 aliphatic heterocycles. The van der Waals surface area contributed by atoms with Crippen LogP contribution in [-0.4, -0.2) is 20.4 Å². The normalized spacial score (nSPS) is 10.9. The second-order valence-electron chi connectivity index (χ2n) is 4.53. The van der Waals surface area contributed by atoms with Crippen LogP contribution in [0, 0.1) is 0 Å². The van der Waals surface area contributed by atoms with Gasteiger partial charge in [0.25, 0.3) is 5.95 Å². The fourth-order valence-electron chi connectivity index (χ4n) is 2.17. The monoisotopic (exact) mass is 286 g/mol. The van der Waals surface area contributed by atoms with E-state index in [-0.39, 0.29) is 22.6 Å².